The van der Waals surface area contributed by atoms with Crippen LogP contribution in [-0.4, -0.2) is 13.2 Å². The Morgan fingerprint density at radius 2 is 0.902 bits per heavy atom. The minimum absolute atomic E-state index is 0.742. The van der Waals surface area contributed by atoms with Crippen molar-refractivity contribution < 1.29 is 9.47 Å². The van der Waals surface area contributed by atoms with E-state index in [2.05, 4.69) is 126 Å². The molecule has 0 saturated carbocycles. The Labute approximate surface area is 378 Å². The summed E-state index contributed by atoms with van der Waals surface area (Å²) in [5, 5.41) is 0. The lowest BCUT2D eigenvalue weighted by Crippen LogP contribution is -2.03. The summed E-state index contributed by atoms with van der Waals surface area (Å²) in [5.41, 5.74) is 8.78. The molecule has 0 bridgehead atoms. The zero-order valence-electron chi connectivity index (χ0n) is 39.5. The fraction of sp³-hybridized carbons (Fsp3) is 0.552. The lowest BCUT2D eigenvalue weighted by Gasteiger charge is -2.15. The van der Waals surface area contributed by atoms with Crippen LogP contribution in [0.1, 0.15) is 210 Å². The van der Waals surface area contributed by atoms with E-state index in [1.165, 1.54) is 179 Å². The Morgan fingerprint density at radius 3 is 1.39 bits per heavy atom. The van der Waals surface area contributed by atoms with Crippen LogP contribution < -0.4 is 9.47 Å². The summed E-state index contributed by atoms with van der Waals surface area (Å²) in [6, 6.07) is 25.1. The van der Waals surface area contributed by atoms with E-state index in [1.54, 1.807) is 0 Å². The van der Waals surface area contributed by atoms with Gasteiger partial charge in [0.2, 0.25) is 0 Å². The average molecular weight is 845 g/mol. The molecule has 3 heteroatoms. The number of hydrogen-bond acceptors (Lipinski definition) is 3. The molecular weight excluding hydrogens is 761 g/mol. The van der Waals surface area contributed by atoms with Crippen molar-refractivity contribution in [3.05, 3.63) is 101 Å². The highest BCUT2D eigenvalue weighted by Gasteiger charge is 2.14. The summed E-state index contributed by atoms with van der Waals surface area (Å²) in [5.74, 6) is 1.89. The van der Waals surface area contributed by atoms with Gasteiger partial charge in [0.1, 0.15) is 11.5 Å². The largest absolute Gasteiger partial charge is 0.493 e. The molecule has 0 N–H and O–H groups in total. The maximum atomic E-state index is 6.59. The Kier molecular flexibility index (Phi) is 25.7. The lowest BCUT2D eigenvalue weighted by atomic mass is 10.0. The monoisotopic (exact) mass is 845 g/mol. The molecule has 0 fully saturated rings. The highest BCUT2D eigenvalue weighted by molar-refractivity contribution is 7.19. The van der Waals surface area contributed by atoms with Gasteiger partial charge in [-0.3, -0.25) is 0 Å². The molecule has 334 valence electrons. The first-order valence-corrected chi connectivity index (χ1v) is 25.9. The first kappa shape index (κ1) is 50.1. The number of aryl methyl sites for hydroxylation is 2. The third-order valence-corrected chi connectivity index (χ3v) is 13.3. The first-order chi connectivity index (χ1) is 30.1. The van der Waals surface area contributed by atoms with Crippen molar-refractivity contribution in [2.75, 3.05) is 13.2 Å². The number of ether oxygens (including phenoxy) is 2. The van der Waals surface area contributed by atoms with Crippen LogP contribution >= 0.6 is 11.3 Å². The molecule has 0 radical (unpaired) electrons. The van der Waals surface area contributed by atoms with Gasteiger partial charge in [-0.1, -0.05) is 234 Å². The van der Waals surface area contributed by atoms with Crippen LogP contribution in [0.4, 0.5) is 0 Å². The predicted molar refractivity (Wildman–Crippen MR) is 273 cm³/mol. The Hall–Kier alpha value is -3.56. The van der Waals surface area contributed by atoms with E-state index in [0.29, 0.717) is 0 Å². The molecule has 0 atom stereocenters. The highest BCUT2D eigenvalue weighted by atomic mass is 32.1. The van der Waals surface area contributed by atoms with E-state index in [4.69, 9.17) is 9.47 Å². The minimum atomic E-state index is 0.742. The number of benzene rings is 3. The molecule has 4 aromatic rings. The molecule has 0 spiro atoms. The molecule has 3 aromatic carbocycles. The standard InChI is InChI=1S/C58H84O2S/c1-6-10-13-16-18-20-22-24-26-29-43-59-55-46-53(56(45-52(55)31-9-4)60-44-30-27-25-23-21-19-17-14-11-7-2)42-37-49-35-40-51(41-36-49)58-54(32-28-15-12-8-3)47-57(61-58)50-38-33-48(5)34-39-50/h9,31,33-42,45-47H,6-8,10-30,32,43-44H2,1-5H3/b31-9+,42-37+. The van der Waals surface area contributed by atoms with Gasteiger partial charge in [-0.25, -0.2) is 0 Å². The molecule has 0 aliphatic rings. The zero-order valence-corrected chi connectivity index (χ0v) is 40.3. The molecule has 2 nitrogen and oxygen atoms in total. The van der Waals surface area contributed by atoms with Crippen LogP contribution in [0.2, 0.25) is 0 Å². The summed E-state index contributed by atoms with van der Waals surface area (Å²) >= 11 is 1.94. The fourth-order valence-corrected chi connectivity index (χ4v) is 9.44. The maximum Gasteiger partial charge on any atom is 0.127 e. The van der Waals surface area contributed by atoms with E-state index >= 15 is 0 Å². The third kappa shape index (κ3) is 19.6. The van der Waals surface area contributed by atoms with Crippen molar-refractivity contribution in [2.24, 2.45) is 0 Å². The van der Waals surface area contributed by atoms with E-state index in [9.17, 15) is 0 Å². The topological polar surface area (TPSA) is 18.5 Å². The minimum Gasteiger partial charge on any atom is -0.493 e. The van der Waals surface area contributed by atoms with Gasteiger partial charge in [-0.2, -0.15) is 0 Å². The maximum absolute atomic E-state index is 6.59. The van der Waals surface area contributed by atoms with Gasteiger partial charge in [0.25, 0.3) is 0 Å². The number of unbranched alkanes of at least 4 members (excludes halogenated alkanes) is 21. The summed E-state index contributed by atoms with van der Waals surface area (Å²) in [4.78, 5) is 2.77. The van der Waals surface area contributed by atoms with Crippen molar-refractivity contribution in [2.45, 2.75) is 195 Å². The Morgan fingerprint density at radius 1 is 0.459 bits per heavy atom. The Balaban J connectivity index is 1.45. The molecule has 0 aliphatic heterocycles. The van der Waals surface area contributed by atoms with Crippen molar-refractivity contribution in [3.63, 3.8) is 0 Å². The van der Waals surface area contributed by atoms with Crippen molar-refractivity contribution >= 4 is 29.6 Å². The Bertz CT molecular complexity index is 1780. The van der Waals surface area contributed by atoms with Crippen LogP contribution in [0, 0.1) is 6.92 Å². The van der Waals surface area contributed by atoms with Crippen LogP contribution in [0.25, 0.3) is 39.1 Å². The third-order valence-electron chi connectivity index (χ3n) is 12.1. The summed E-state index contributed by atoms with van der Waals surface area (Å²) < 4.78 is 13.1. The summed E-state index contributed by atoms with van der Waals surface area (Å²) in [7, 11) is 0. The molecule has 0 unspecified atom stereocenters. The number of rotatable bonds is 34. The smallest absolute Gasteiger partial charge is 0.127 e. The van der Waals surface area contributed by atoms with Gasteiger partial charge in [-0.05, 0) is 80.0 Å². The quantitative estimate of drug-likeness (QED) is 0.0344. The predicted octanol–water partition coefficient (Wildman–Crippen LogP) is 19.3. The molecule has 0 saturated heterocycles. The highest BCUT2D eigenvalue weighted by Crippen LogP contribution is 2.40. The number of hydrogen-bond donors (Lipinski definition) is 0. The average Bonchev–Trinajstić information content (AvgIpc) is 3.70. The van der Waals surface area contributed by atoms with Crippen molar-refractivity contribution in [3.8, 4) is 32.4 Å². The van der Waals surface area contributed by atoms with Crippen molar-refractivity contribution in [1.29, 1.82) is 0 Å². The van der Waals surface area contributed by atoms with Gasteiger partial charge < -0.3 is 9.47 Å². The molecule has 4 rings (SSSR count). The molecule has 1 heterocycles. The summed E-state index contributed by atoms with van der Waals surface area (Å²) in [6.45, 7) is 12.6. The van der Waals surface area contributed by atoms with E-state index in [-0.39, 0.29) is 0 Å². The van der Waals surface area contributed by atoms with E-state index in [1.807, 2.05) is 11.3 Å². The van der Waals surface area contributed by atoms with E-state index in [0.717, 1.165) is 55.1 Å². The van der Waals surface area contributed by atoms with E-state index < -0.39 is 0 Å². The second-order valence-corrected chi connectivity index (χ2v) is 18.6. The molecule has 61 heavy (non-hydrogen) atoms. The first-order valence-electron chi connectivity index (χ1n) is 25.1. The van der Waals surface area contributed by atoms with Gasteiger partial charge in [0.05, 0.1) is 13.2 Å². The van der Waals surface area contributed by atoms with Crippen molar-refractivity contribution in [1.82, 2.24) is 0 Å². The molecular formula is C58H84O2S. The SMILES string of the molecule is C/C=C/c1cc(OCCCCCCCCCCCC)c(/C=C/c2ccc(-c3sc(-c4ccc(C)cc4)cc3CCCCCC)cc2)cc1OCCCCCCCCCCCC. The lowest BCUT2D eigenvalue weighted by molar-refractivity contribution is 0.295. The van der Waals surface area contributed by atoms with Gasteiger partial charge in [0.15, 0.2) is 0 Å². The molecule has 1 aromatic heterocycles. The second kappa shape index (κ2) is 31.3. The fourth-order valence-electron chi connectivity index (χ4n) is 8.22. The molecule has 0 amide bonds. The summed E-state index contributed by atoms with van der Waals surface area (Å²) in [6.07, 6.45) is 41.5. The second-order valence-electron chi connectivity index (χ2n) is 17.6. The van der Waals surface area contributed by atoms with Crippen LogP contribution in [0.3, 0.4) is 0 Å². The van der Waals surface area contributed by atoms with Gasteiger partial charge in [0, 0.05) is 20.9 Å². The van der Waals surface area contributed by atoms with Crippen LogP contribution in [-0.2, 0) is 6.42 Å². The van der Waals surface area contributed by atoms with Crippen LogP contribution in [0.15, 0.2) is 72.8 Å². The number of thiophene rings is 1. The van der Waals surface area contributed by atoms with Crippen LogP contribution in [0.5, 0.6) is 11.5 Å². The normalized spacial score (nSPS) is 11.7. The van der Waals surface area contributed by atoms with Gasteiger partial charge >= 0.3 is 0 Å². The van der Waals surface area contributed by atoms with Gasteiger partial charge in [-0.15, -0.1) is 11.3 Å². The zero-order chi connectivity index (χ0) is 43.2. The number of allylic oxidation sites excluding steroid dienone is 1. The molecule has 0 aliphatic carbocycles.